The number of amides is 1. The van der Waals surface area contributed by atoms with Crippen LogP contribution in [0.3, 0.4) is 0 Å². The first kappa shape index (κ1) is 18.6. The van der Waals surface area contributed by atoms with Crippen LogP contribution in [-0.2, 0) is 14.6 Å². The maximum atomic E-state index is 13.1. The standard InChI is InChI=1S/C14H14F5NO3S/c15-13(16,14(17,18)19)12(21)20-8-6-11(7-9-20)24(22,23)10-4-2-1-3-5-10/h1-5,11H,6-9H2. The molecule has 0 aromatic heterocycles. The highest BCUT2D eigenvalue weighted by molar-refractivity contribution is 7.92. The summed E-state index contributed by atoms with van der Waals surface area (Å²) in [6.07, 6.45) is -6.37. The lowest BCUT2D eigenvalue weighted by molar-refractivity contribution is -0.274. The number of likely N-dealkylation sites (tertiary alicyclic amines) is 1. The van der Waals surface area contributed by atoms with Gasteiger partial charge < -0.3 is 4.90 Å². The number of nitrogens with zero attached hydrogens (tertiary/aromatic N) is 1. The molecule has 134 valence electrons. The highest BCUT2D eigenvalue weighted by Crippen LogP contribution is 2.37. The number of carbonyl (C=O) groups is 1. The molecule has 0 saturated carbocycles. The zero-order valence-electron chi connectivity index (χ0n) is 12.3. The maximum absolute atomic E-state index is 13.1. The van der Waals surface area contributed by atoms with E-state index in [2.05, 4.69) is 0 Å². The lowest BCUT2D eigenvalue weighted by Gasteiger charge is -2.34. The summed E-state index contributed by atoms with van der Waals surface area (Å²) in [6.45, 7) is -0.942. The van der Waals surface area contributed by atoms with E-state index in [0.29, 0.717) is 4.90 Å². The number of carbonyl (C=O) groups excluding carboxylic acids is 1. The van der Waals surface area contributed by atoms with Gasteiger partial charge in [-0.25, -0.2) is 8.42 Å². The first-order valence-corrected chi connectivity index (χ1v) is 8.55. The van der Waals surface area contributed by atoms with Gasteiger partial charge in [0.1, 0.15) is 0 Å². The molecule has 0 unspecified atom stereocenters. The molecule has 0 spiro atoms. The van der Waals surface area contributed by atoms with Crippen molar-refractivity contribution >= 4 is 15.7 Å². The number of benzene rings is 1. The lowest BCUT2D eigenvalue weighted by Crippen LogP contribution is -2.54. The van der Waals surface area contributed by atoms with Crippen molar-refractivity contribution in [2.45, 2.75) is 35.1 Å². The monoisotopic (exact) mass is 371 g/mol. The summed E-state index contributed by atoms with van der Waals surface area (Å²) < 4.78 is 87.6. The van der Waals surface area contributed by atoms with Gasteiger partial charge >= 0.3 is 18.0 Å². The highest BCUT2D eigenvalue weighted by Gasteiger charge is 2.64. The molecule has 1 saturated heterocycles. The van der Waals surface area contributed by atoms with Crippen LogP contribution in [0.4, 0.5) is 22.0 Å². The third kappa shape index (κ3) is 3.38. The Hall–Kier alpha value is -1.71. The minimum absolute atomic E-state index is 0.0513. The fraction of sp³-hybridized carbons (Fsp3) is 0.500. The molecule has 1 aliphatic heterocycles. The van der Waals surface area contributed by atoms with E-state index in [1.807, 2.05) is 0 Å². The number of alkyl halides is 5. The number of halogens is 5. The van der Waals surface area contributed by atoms with Crippen LogP contribution in [0, 0.1) is 0 Å². The number of piperidine rings is 1. The Labute approximate surface area is 135 Å². The molecule has 4 nitrogen and oxygen atoms in total. The zero-order chi connectivity index (χ0) is 18.2. The topological polar surface area (TPSA) is 54.5 Å². The SMILES string of the molecule is O=C(N1CCC(S(=O)(=O)c2ccccc2)CC1)C(F)(F)C(F)(F)F. The van der Waals surface area contributed by atoms with Crippen LogP contribution in [-0.4, -0.2) is 49.7 Å². The molecule has 1 fully saturated rings. The second-order valence-electron chi connectivity index (χ2n) is 5.42. The second kappa shape index (κ2) is 6.30. The van der Waals surface area contributed by atoms with E-state index in [1.54, 1.807) is 6.07 Å². The molecule has 1 heterocycles. The summed E-state index contributed by atoms with van der Waals surface area (Å²) in [7, 11) is -3.72. The van der Waals surface area contributed by atoms with Crippen molar-refractivity contribution in [1.82, 2.24) is 4.90 Å². The van der Waals surface area contributed by atoms with Crippen molar-refractivity contribution in [3.63, 3.8) is 0 Å². The predicted octanol–water partition coefficient (Wildman–Crippen LogP) is 2.65. The third-order valence-corrected chi connectivity index (χ3v) is 6.14. The van der Waals surface area contributed by atoms with Gasteiger partial charge in [-0.1, -0.05) is 18.2 Å². The van der Waals surface area contributed by atoms with Crippen molar-refractivity contribution in [3.05, 3.63) is 30.3 Å². The molecule has 1 aromatic carbocycles. The normalized spacial score (nSPS) is 17.8. The number of rotatable bonds is 3. The molecule has 10 heteroatoms. The largest absolute Gasteiger partial charge is 0.463 e. The summed E-state index contributed by atoms with van der Waals surface area (Å²) in [6, 6.07) is 7.43. The predicted molar refractivity (Wildman–Crippen MR) is 74.2 cm³/mol. The van der Waals surface area contributed by atoms with Crippen LogP contribution in [0.25, 0.3) is 0 Å². The molecule has 0 N–H and O–H groups in total. The van der Waals surface area contributed by atoms with Gasteiger partial charge in [0.25, 0.3) is 0 Å². The smallest absolute Gasteiger partial charge is 0.337 e. The van der Waals surface area contributed by atoms with Gasteiger partial charge in [0.05, 0.1) is 10.1 Å². The van der Waals surface area contributed by atoms with E-state index in [-0.39, 0.29) is 17.7 Å². The van der Waals surface area contributed by atoms with E-state index in [0.717, 1.165) is 0 Å². The summed E-state index contributed by atoms with van der Waals surface area (Å²) in [5, 5.41) is -0.927. The van der Waals surface area contributed by atoms with Crippen molar-refractivity contribution in [2.24, 2.45) is 0 Å². The quantitative estimate of drug-likeness (QED) is 0.768. The van der Waals surface area contributed by atoms with Gasteiger partial charge in [0, 0.05) is 13.1 Å². The van der Waals surface area contributed by atoms with Crippen molar-refractivity contribution < 1.29 is 35.2 Å². The Morgan fingerprint density at radius 1 is 1.00 bits per heavy atom. The van der Waals surface area contributed by atoms with Gasteiger partial charge in [-0.05, 0) is 25.0 Å². The van der Waals surface area contributed by atoms with Crippen LogP contribution in [0.2, 0.25) is 0 Å². The lowest BCUT2D eigenvalue weighted by atomic mass is 10.1. The summed E-state index contributed by atoms with van der Waals surface area (Å²) in [5.74, 6) is -7.82. The van der Waals surface area contributed by atoms with Crippen LogP contribution >= 0.6 is 0 Å². The average molecular weight is 371 g/mol. The van der Waals surface area contributed by atoms with Gasteiger partial charge in [0.15, 0.2) is 9.84 Å². The maximum Gasteiger partial charge on any atom is 0.463 e. The summed E-state index contributed by atoms with van der Waals surface area (Å²) >= 11 is 0. The van der Waals surface area contributed by atoms with Gasteiger partial charge in [-0.2, -0.15) is 22.0 Å². The Balaban J connectivity index is 2.08. The van der Waals surface area contributed by atoms with Crippen LogP contribution in [0.5, 0.6) is 0 Å². The van der Waals surface area contributed by atoms with E-state index < -0.39 is 46.2 Å². The fourth-order valence-electron chi connectivity index (χ4n) is 2.49. The fourth-order valence-corrected chi connectivity index (χ4v) is 4.24. The van der Waals surface area contributed by atoms with Gasteiger partial charge in [0.2, 0.25) is 0 Å². The minimum Gasteiger partial charge on any atom is -0.337 e. The van der Waals surface area contributed by atoms with Gasteiger partial charge in [-0.3, -0.25) is 4.79 Å². The van der Waals surface area contributed by atoms with Crippen molar-refractivity contribution in [1.29, 1.82) is 0 Å². The molecule has 1 aliphatic rings. The molecule has 0 aliphatic carbocycles. The molecule has 2 rings (SSSR count). The van der Waals surface area contributed by atoms with E-state index >= 15 is 0 Å². The number of sulfone groups is 1. The summed E-state index contributed by atoms with van der Waals surface area (Å²) in [4.78, 5) is 11.8. The van der Waals surface area contributed by atoms with E-state index in [1.165, 1.54) is 24.3 Å². The zero-order valence-corrected chi connectivity index (χ0v) is 13.1. The van der Waals surface area contributed by atoms with E-state index in [9.17, 15) is 35.2 Å². The summed E-state index contributed by atoms with van der Waals surface area (Å²) in [5.41, 5.74) is 0. The Kier molecular flexibility index (Phi) is 4.89. The molecule has 24 heavy (non-hydrogen) atoms. The van der Waals surface area contributed by atoms with Crippen LogP contribution in [0.15, 0.2) is 35.2 Å². The molecule has 1 aromatic rings. The molecular formula is C14H14F5NO3S. The third-order valence-electron chi connectivity index (χ3n) is 3.86. The first-order chi connectivity index (χ1) is 11.0. The first-order valence-electron chi connectivity index (χ1n) is 7.01. The minimum atomic E-state index is -5.98. The molecule has 1 amide bonds. The molecule has 0 bridgehead atoms. The molecule has 0 atom stereocenters. The van der Waals surface area contributed by atoms with Crippen LogP contribution < -0.4 is 0 Å². The Morgan fingerprint density at radius 2 is 1.50 bits per heavy atom. The molecular weight excluding hydrogens is 357 g/mol. The second-order valence-corrected chi connectivity index (χ2v) is 7.65. The van der Waals surface area contributed by atoms with Gasteiger partial charge in [-0.15, -0.1) is 0 Å². The Bertz CT molecular complexity index is 695. The average Bonchev–Trinajstić information content (AvgIpc) is 2.54. The van der Waals surface area contributed by atoms with Crippen molar-refractivity contribution in [3.8, 4) is 0 Å². The Morgan fingerprint density at radius 3 is 1.96 bits per heavy atom. The van der Waals surface area contributed by atoms with E-state index in [4.69, 9.17) is 0 Å². The van der Waals surface area contributed by atoms with Crippen LogP contribution in [0.1, 0.15) is 12.8 Å². The molecule has 0 radical (unpaired) electrons. The van der Waals surface area contributed by atoms with Crippen molar-refractivity contribution in [2.75, 3.05) is 13.1 Å². The highest BCUT2D eigenvalue weighted by atomic mass is 32.2. The number of hydrogen-bond acceptors (Lipinski definition) is 3. The number of hydrogen-bond donors (Lipinski definition) is 0.